The summed E-state index contributed by atoms with van der Waals surface area (Å²) in [6.07, 6.45) is -1.26. The molecule has 0 fully saturated rings. The van der Waals surface area contributed by atoms with E-state index in [0.29, 0.717) is 10.5 Å². The Bertz CT molecular complexity index is 879. The highest BCUT2D eigenvalue weighted by Gasteiger charge is 2.30. The van der Waals surface area contributed by atoms with Gasteiger partial charge in [-0.3, -0.25) is 0 Å². The quantitative estimate of drug-likeness (QED) is 0.580. The molecule has 1 unspecified atom stereocenters. The average molecular weight is 377 g/mol. The number of rotatable bonds is 4. The molecule has 1 aromatic heterocycles. The van der Waals surface area contributed by atoms with Crippen molar-refractivity contribution in [2.45, 2.75) is 11.1 Å². The molecule has 0 aliphatic heterocycles. The molecular formula is C19H14F3NO2S. The van der Waals surface area contributed by atoms with Gasteiger partial charge in [-0.25, -0.2) is 4.98 Å². The number of aromatic nitrogens is 1. The van der Waals surface area contributed by atoms with Crippen molar-refractivity contribution in [3.05, 3.63) is 72.4 Å². The van der Waals surface area contributed by atoms with Crippen molar-refractivity contribution < 1.29 is 22.5 Å². The summed E-state index contributed by atoms with van der Waals surface area (Å²) in [4.78, 5) is 4.87. The number of alkyl halides is 3. The smallest absolute Gasteiger partial charge is 0.416 e. The molecule has 134 valence electrons. The van der Waals surface area contributed by atoms with E-state index in [1.54, 1.807) is 48.9 Å². The lowest BCUT2D eigenvalue weighted by Crippen LogP contribution is -2.04. The fourth-order valence-electron chi connectivity index (χ4n) is 2.34. The molecule has 0 saturated heterocycles. The Morgan fingerprint density at radius 1 is 0.962 bits per heavy atom. The zero-order valence-corrected chi connectivity index (χ0v) is 14.5. The Labute approximate surface area is 151 Å². The Morgan fingerprint density at radius 2 is 1.62 bits per heavy atom. The van der Waals surface area contributed by atoms with Crippen LogP contribution in [-0.4, -0.2) is 15.8 Å². The molecule has 3 rings (SSSR count). The van der Waals surface area contributed by atoms with Gasteiger partial charge >= 0.3 is 6.18 Å². The first-order valence-corrected chi connectivity index (χ1v) is 9.14. The first-order chi connectivity index (χ1) is 12.3. The molecular weight excluding hydrogens is 363 g/mol. The van der Waals surface area contributed by atoms with Crippen LogP contribution in [0.5, 0.6) is 11.6 Å². The molecule has 2 aromatic carbocycles. The Balaban J connectivity index is 1.88. The molecule has 7 heteroatoms. The highest BCUT2D eigenvalue weighted by molar-refractivity contribution is 7.90. The van der Waals surface area contributed by atoms with Crippen LogP contribution in [0.25, 0.3) is 11.1 Å². The number of hydrogen-bond donors (Lipinski definition) is 0. The zero-order chi connectivity index (χ0) is 18.7. The third-order valence-electron chi connectivity index (χ3n) is 3.66. The first kappa shape index (κ1) is 18.3. The third kappa shape index (κ3) is 4.17. The van der Waals surface area contributed by atoms with Gasteiger partial charge in [0.25, 0.3) is 0 Å². The maximum atomic E-state index is 12.6. The summed E-state index contributed by atoms with van der Waals surface area (Å²) in [6.45, 7) is 0. The van der Waals surface area contributed by atoms with Gasteiger partial charge < -0.3 is 9.29 Å². The molecule has 3 nitrogen and oxygen atoms in total. The molecule has 0 aliphatic carbocycles. The van der Waals surface area contributed by atoms with E-state index in [9.17, 15) is 17.7 Å². The van der Waals surface area contributed by atoms with Gasteiger partial charge in [0, 0.05) is 11.8 Å². The lowest BCUT2D eigenvalue weighted by atomic mass is 10.1. The van der Waals surface area contributed by atoms with Gasteiger partial charge in [-0.2, -0.15) is 13.2 Å². The number of halogens is 3. The summed E-state index contributed by atoms with van der Waals surface area (Å²) < 4.78 is 55.1. The molecule has 0 spiro atoms. The van der Waals surface area contributed by atoms with Crippen LogP contribution in [0.2, 0.25) is 0 Å². The van der Waals surface area contributed by atoms with Crippen LogP contribution in [0.1, 0.15) is 5.56 Å². The fourth-order valence-corrected chi connectivity index (χ4v) is 2.86. The molecule has 3 aromatic rings. The lowest BCUT2D eigenvalue weighted by Gasteiger charge is -2.12. The first-order valence-electron chi connectivity index (χ1n) is 7.58. The number of ether oxygens (including phenoxy) is 1. The third-order valence-corrected chi connectivity index (χ3v) is 4.60. The van der Waals surface area contributed by atoms with E-state index in [1.807, 2.05) is 0 Å². The second-order valence-corrected chi connectivity index (χ2v) is 6.84. The number of hydrogen-bond acceptors (Lipinski definition) is 3. The van der Waals surface area contributed by atoms with Gasteiger partial charge in [-0.15, -0.1) is 0 Å². The Morgan fingerprint density at radius 3 is 2.19 bits per heavy atom. The van der Waals surface area contributed by atoms with Crippen molar-refractivity contribution in [2.24, 2.45) is 0 Å². The number of benzene rings is 2. The van der Waals surface area contributed by atoms with Crippen molar-refractivity contribution in [1.82, 2.24) is 4.98 Å². The van der Waals surface area contributed by atoms with E-state index >= 15 is 0 Å². The standard InChI is InChI=1S/C19H14F3NO2S/c1-26(24)16-10-4-13(5-11-16)17-3-2-12-23-18(17)25-15-8-6-14(7-9-15)19(20,21)22/h2-12H,1H3. The van der Waals surface area contributed by atoms with Gasteiger partial charge in [0.15, 0.2) is 4.90 Å². The summed E-state index contributed by atoms with van der Waals surface area (Å²) in [5.41, 5.74) is 0.740. The van der Waals surface area contributed by atoms with Gasteiger partial charge in [0.2, 0.25) is 5.88 Å². The van der Waals surface area contributed by atoms with Crippen LogP contribution in [0.3, 0.4) is 0 Å². The maximum absolute atomic E-state index is 12.6. The molecule has 0 amide bonds. The minimum Gasteiger partial charge on any atom is -0.612 e. The minimum absolute atomic E-state index is 0.254. The van der Waals surface area contributed by atoms with Crippen molar-refractivity contribution in [3.8, 4) is 22.8 Å². The van der Waals surface area contributed by atoms with Crippen LogP contribution in [0.15, 0.2) is 71.8 Å². The van der Waals surface area contributed by atoms with Crippen LogP contribution < -0.4 is 4.74 Å². The van der Waals surface area contributed by atoms with E-state index in [4.69, 9.17) is 4.74 Å². The van der Waals surface area contributed by atoms with Crippen molar-refractivity contribution in [3.63, 3.8) is 0 Å². The van der Waals surface area contributed by atoms with Crippen molar-refractivity contribution in [2.75, 3.05) is 6.26 Å². The van der Waals surface area contributed by atoms with Crippen LogP contribution in [0, 0.1) is 0 Å². The summed E-state index contributed by atoms with van der Waals surface area (Å²) in [5.74, 6) is 0.530. The fraction of sp³-hybridized carbons (Fsp3) is 0.105. The van der Waals surface area contributed by atoms with E-state index in [-0.39, 0.29) is 11.6 Å². The van der Waals surface area contributed by atoms with Gasteiger partial charge in [-0.05, 0) is 77.4 Å². The molecule has 26 heavy (non-hydrogen) atoms. The Kier molecular flexibility index (Phi) is 5.20. The second-order valence-electron chi connectivity index (χ2n) is 5.46. The van der Waals surface area contributed by atoms with Crippen molar-refractivity contribution in [1.29, 1.82) is 0 Å². The van der Waals surface area contributed by atoms with Gasteiger partial charge in [0.1, 0.15) is 12.0 Å². The zero-order valence-electron chi connectivity index (χ0n) is 13.7. The molecule has 0 aliphatic rings. The SMILES string of the molecule is C[S+]([O-])c1ccc(-c2cccnc2Oc2ccc(C(F)(F)F)cc2)cc1. The monoisotopic (exact) mass is 377 g/mol. The Hall–Kier alpha value is -2.51. The molecule has 1 heterocycles. The average Bonchev–Trinajstić information content (AvgIpc) is 2.62. The van der Waals surface area contributed by atoms with Crippen molar-refractivity contribution >= 4 is 11.2 Å². The predicted molar refractivity (Wildman–Crippen MR) is 93.5 cm³/mol. The van der Waals surface area contributed by atoms with E-state index in [0.717, 1.165) is 17.7 Å². The maximum Gasteiger partial charge on any atom is 0.416 e. The summed E-state index contributed by atoms with van der Waals surface area (Å²) in [5, 5.41) is 0. The summed E-state index contributed by atoms with van der Waals surface area (Å²) >= 11 is -1.08. The predicted octanol–water partition coefficient (Wildman–Crippen LogP) is 5.30. The van der Waals surface area contributed by atoms with E-state index < -0.39 is 22.9 Å². The van der Waals surface area contributed by atoms with Crippen LogP contribution in [0.4, 0.5) is 13.2 Å². The molecule has 0 bridgehead atoms. The molecule has 0 saturated carbocycles. The molecule has 1 atom stereocenters. The highest BCUT2D eigenvalue weighted by atomic mass is 32.2. The topological polar surface area (TPSA) is 45.2 Å². The van der Waals surface area contributed by atoms with Crippen LogP contribution in [-0.2, 0) is 17.4 Å². The lowest BCUT2D eigenvalue weighted by molar-refractivity contribution is -0.137. The molecule has 0 radical (unpaired) electrons. The minimum atomic E-state index is -4.39. The van der Waals surface area contributed by atoms with E-state index in [1.165, 1.54) is 12.1 Å². The van der Waals surface area contributed by atoms with Gasteiger partial charge in [0.05, 0.1) is 5.56 Å². The van der Waals surface area contributed by atoms with Crippen LogP contribution >= 0.6 is 0 Å². The van der Waals surface area contributed by atoms with Gasteiger partial charge in [-0.1, -0.05) is 0 Å². The largest absolute Gasteiger partial charge is 0.612 e. The second kappa shape index (κ2) is 7.39. The number of nitrogens with zero attached hydrogens (tertiary/aromatic N) is 1. The summed E-state index contributed by atoms with van der Waals surface area (Å²) in [7, 11) is 0. The number of pyridine rings is 1. The summed E-state index contributed by atoms with van der Waals surface area (Å²) in [6, 6.07) is 15.1. The van der Waals surface area contributed by atoms with E-state index in [2.05, 4.69) is 4.98 Å². The molecule has 0 N–H and O–H groups in total. The highest BCUT2D eigenvalue weighted by Crippen LogP contribution is 2.34. The normalized spacial score (nSPS) is 12.7.